The third kappa shape index (κ3) is 5.35. The van der Waals surface area contributed by atoms with Crippen molar-refractivity contribution in [1.82, 2.24) is 15.0 Å². The lowest BCUT2D eigenvalue weighted by atomic mass is 9.83. The van der Waals surface area contributed by atoms with E-state index in [0.29, 0.717) is 35.9 Å². The zero-order valence-corrected chi connectivity index (χ0v) is 20.8. The molecule has 1 amide bonds. The maximum Gasteiger partial charge on any atom is 0.311 e. The van der Waals surface area contributed by atoms with Gasteiger partial charge in [0.2, 0.25) is 11.7 Å². The fourth-order valence-corrected chi connectivity index (χ4v) is 4.58. The third-order valence-corrected chi connectivity index (χ3v) is 6.37. The number of hydrogen-bond acceptors (Lipinski definition) is 8. The van der Waals surface area contributed by atoms with Crippen LogP contribution in [0.25, 0.3) is 11.4 Å². The van der Waals surface area contributed by atoms with E-state index in [1.54, 1.807) is 25.2 Å². The van der Waals surface area contributed by atoms with Crippen LogP contribution in [-0.2, 0) is 20.9 Å². The number of rotatable bonds is 10. The Balaban J connectivity index is 1.54. The summed E-state index contributed by atoms with van der Waals surface area (Å²) in [6.07, 6.45) is 2.45. The predicted molar refractivity (Wildman–Crippen MR) is 131 cm³/mol. The van der Waals surface area contributed by atoms with Crippen LogP contribution in [-0.4, -0.2) is 47.7 Å². The smallest absolute Gasteiger partial charge is 0.311 e. The van der Waals surface area contributed by atoms with E-state index in [0.717, 1.165) is 18.4 Å². The second-order valence-corrected chi connectivity index (χ2v) is 8.59. The van der Waals surface area contributed by atoms with Crippen LogP contribution in [0.4, 0.5) is 0 Å². The highest BCUT2D eigenvalue weighted by molar-refractivity contribution is 5.82. The van der Waals surface area contributed by atoms with Gasteiger partial charge in [-0.1, -0.05) is 48.8 Å². The van der Waals surface area contributed by atoms with E-state index in [-0.39, 0.29) is 24.8 Å². The number of amides is 1. The molecule has 1 saturated heterocycles. The van der Waals surface area contributed by atoms with Crippen molar-refractivity contribution in [3.05, 3.63) is 60.0 Å². The molecule has 9 heteroatoms. The molecule has 1 aliphatic rings. The van der Waals surface area contributed by atoms with Gasteiger partial charge in [0.15, 0.2) is 6.61 Å². The molecular weight excluding hydrogens is 462 g/mol. The number of ether oxygens (including phenoxy) is 3. The predicted octanol–water partition coefficient (Wildman–Crippen LogP) is 4.58. The van der Waals surface area contributed by atoms with Crippen LogP contribution in [0.2, 0.25) is 0 Å². The number of carbonyl (C=O) groups excluding carboxylic acids is 2. The van der Waals surface area contributed by atoms with E-state index in [2.05, 4.69) is 17.1 Å². The number of methoxy groups -OCH3 is 2. The van der Waals surface area contributed by atoms with Gasteiger partial charge in [-0.15, -0.1) is 0 Å². The van der Waals surface area contributed by atoms with Crippen molar-refractivity contribution in [2.75, 3.05) is 20.8 Å². The Bertz CT molecular complexity index is 1190. The maximum absolute atomic E-state index is 13.3. The number of unbranched alkanes of at least 4 members (excludes halogenated alkanes) is 1. The Labute approximate surface area is 210 Å². The minimum Gasteiger partial charge on any atom is -0.496 e. The molecule has 0 radical (unpaired) electrons. The number of piperidine rings is 1. The molecular formula is C27H31N3O6. The van der Waals surface area contributed by atoms with Crippen molar-refractivity contribution < 1.29 is 28.3 Å². The lowest BCUT2D eigenvalue weighted by Crippen LogP contribution is -2.46. The van der Waals surface area contributed by atoms with Gasteiger partial charge in [-0.2, -0.15) is 4.98 Å². The average molecular weight is 494 g/mol. The van der Waals surface area contributed by atoms with Crippen molar-refractivity contribution in [2.45, 2.75) is 45.3 Å². The molecule has 2 aromatic carbocycles. The number of hydrogen-bond donors (Lipinski definition) is 0. The molecule has 0 saturated carbocycles. The first-order valence-electron chi connectivity index (χ1n) is 12.1. The van der Waals surface area contributed by atoms with E-state index in [4.69, 9.17) is 18.7 Å². The maximum atomic E-state index is 13.3. The van der Waals surface area contributed by atoms with E-state index >= 15 is 0 Å². The molecule has 2 heterocycles. The molecule has 1 fully saturated rings. The minimum atomic E-state index is -0.549. The SMILES string of the molecule is CCCCN1C(=O)CCC(C(=O)OCc2nc(-c3ccccc3OC)no2)C1c1ccccc1OC. The molecule has 2 unspecified atom stereocenters. The monoisotopic (exact) mass is 493 g/mol. The van der Waals surface area contributed by atoms with Gasteiger partial charge in [-0.05, 0) is 31.0 Å². The standard InChI is InChI=1S/C27H31N3O6/c1-4-5-16-30-24(31)15-14-20(25(30)18-10-6-8-12-21(18)33-2)27(32)35-17-23-28-26(29-36-23)19-11-7-9-13-22(19)34-3/h6-13,20,25H,4-5,14-17H2,1-3H3. The highest BCUT2D eigenvalue weighted by atomic mass is 16.6. The van der Waals surface area contributed by atoms with Gasteiger partial charge in [-0.3, -0.25) is 9.59 Å². The first kappa shape index (κ1) is 25.2. The Hall–Kier alpha value is -3.88. The first-order chi connectivity index (χ1) is 17.6. The van der Waals surface area contributed by atoms with E-state index in [9.17, 15) is 9.59 Å². The fraction of sp³-hybridized carbons (Fsp3) is 0.407. The number of carbonyl (C=O) groups is 2. The van der Waals surface area contributed by atoms with Crippen molar-refractivity contribution in [2.24, 2.45) is 5.92 Å². The molecule has 3 aromatic rings. The van der Waals surface area contributed by atoms with Crippen LogP contribution in [0.15, 0.2) is 53.1 Å². The minimum absolute atomic E-state index is 0.0294. The summed E-state index contributed by atoms with van der Waals surface area (Å²) in [5, 5.41) is 4.00. The third-order valence-electron chi connectivity index (χ3n) is 6.37. The van der Waals surface area contributed by atoms with Crippen molar-refractivity contribution >= 4 is 11.9 Å². The van der Waals surface area contributed by atoms with Crippen LogP contribution in [0.3, 0.4) is 0 Å². The van der Waals surface area contributed by atoms with Gasteiger partial charge in [-0.25, -0.2) is 0 Å². The van der Waals surface area contributed by atoms with Gasteiger partial charge >= 0.3 is 5.97 Å². The molecule has 4 rings (SSSR count). The molecule has 0 aliphatic carbocycles. The summed E-state index contributed by atoms with van der Waals surface area (Å²) in [6.45, 7) is 2.47. The molecule has 0 bridgehead atoms. The molecule has 0 N–H and O–H groups in total. The van der Waals surface area contributed by atoms with Crippen LogP contribution >= 0.6 is 0 Å². The largest absolute Gasteiger partial charge is 0.496 e. The second-order valence-electron chi connectivity index (χ2n) is 8.59. The number of likely N-dealkylation sites (tertiary alicyclic amines) is 1. The zero-order chi connectivity index (χ0) is 25.5. The summed E-state index contributed by atoms with van der Waals surface area (Å²) in [5.74, 6) is 0.828. The first-order valence-corrected chi connectivity index (χ1v) is 12.1. The van der Waals surface area contributed by atoms with Crippen molar-refractivity contribution in [1.29, 1.82) is 0 Å². The van der Waals surface area contributed by atoms with E-state index in [1.165, 1.54) is 0 Å². The van der Waals surface area contributed by atoms with Gasteiger partial charge in [0, 0.05) is 18.5 Å². The Kier molecular flexibility index (Phi) is 8.20. The van der Waals surface area contributed by atoms with Crippen molar-refractivity contribution in [3.63, 3.8) is 0 Å². The molecule has 0 spiro atoms. The number of para-hydroxylation sites is 2. The highest BCUT2D eigenvalue weighted by Crippen LogP contribution is 2.41. The lowest BCUT2D eigenvalue weighted by molar-refractivity contribution is -0.159. The van der Waals surface area contributed by atoms with Gasteiger partial charge in [0.05, 0.1) is 31.7 Å². The Morgan fingerprint density at radius 2 is 1.81 bits per heavy atom. The quantitative estimate of drug-likeness (QED) is 0.378. The molecule has 1 aromatic heterocycles. The number of benzene rings is 2. The van der Waals surface area contributed by atoms with Crippen LogP contribution in [0.5, 0.6) is 11.5 Å². The van der Waals surface area contributed by atoms with Gasteiger partial charge in [0.25, 0.3) is 5.89 Å². The van der Waals surface area contributed by atoms with E-state index in [1.807, 2.05) is 42.5 Å². The van der Waals surface area contributed by atoms with Crippen molar-refractivity contribution in [3.8, 4) is 22.9 Å². The fourth-order valence-electron chi connectivity index (χ4n) is 4.58. The summed E-state index contributed by atoms with van der Waals surface area (Å²) < 4.78 is 21.9. The van der Waals surface area contributed by atoms with E-state index < -0.39 is 17.9 Å². The molecule has 1 aliphatic heterocycles. The highest BCUT2D eigenvalue weighted by Gasteiger charge is 2.42. The molecule has 190 valence electrons. The van der Waals surface area contributed by atoms with Gasteiger partial charge < -0.3 is 23.6 Å². The van der Waals surface area contributed by atoms with Crippen LogP contribution < -0.4 is 9.47 Å². The summed E-state index contributed by atoms with van der Waals surface area (Å²) in [7, 11) is 3.15. The summed E-state index contributed by atoms with van der Waals surface area (Å²) in [4.78, 5) is 32.4. The molecule has 2 atom stereocenters. The zero-order valence-electron chi connectivity index (χ0n) is 20.8. The summed E-state index contributed by atoms with van der Waals surface area (Å²) in [5.41, 5.74) is 1.47. The van der Waals surface area contributed by atoms with Crippen LogP contribution in [0.1, 0.15) is 50.1 Å². The normalized spacial score (nSPS) is 17.6. The lowest BCUT2D eigenvalue weighted by Gasteiger charge is -2.40. The second kappa shape index (κ2) is 11.7. The Morgan fingerprint density at radius 3 is 2.56 bits per heavy atom. The number of esters is 1. The molecule has 36 heavy (non-hydrogen) atoms. The number of aromatic nitrogens is 2. The average Bonchev–Trinajstić information content (AvgIpc) is 3.39. The Morgan fingerprint density at radius 1 is 1.08 bits per heavy atom. The summed E-state index contributed by atoms with van der Waals surface area (Å²) in [6, 6.07) is 14.3. The van der Waals surface area contributed by atoms with Gasteiger partial charge in [0.1, 0.15) is 11.5 Å². The topological polar surface area (TPSA) is 104 Å². The number of nitrogens with zero attached hydrogens (tertiary/aromatic N) is 3. The summed E-state index contributed by atoms with van der Waals surface area (Å²) >= 11 is 0. The molecule has 9 nitrogen and oxygen atoms in total. The van der Waals surface area contributed by atoms with Crippen LogP contribution in [0, 0.1) is 5.92 Å².